The summed E-state index contributed by atoms with van der Waals surface area (Å²) in [5.74, 6) is -0.964. The van der Waals surface area contributed by atoms with E-state index in [2.05, 4.69) is 0 Å². The second-order valence-corrected chi connectivity index (χ2v) is 5.97. The van der Waals surface area contributed by atoms with Crippen LogP contribution in [-0.4, -0.2) is 53.5 Å². The van der Waals surface area contributed by atoms with Crippen molar-refractivity contribution >= 4 is 12.1 Å². The summed E-state index contributed by atoms with van der Waals surface area (Å²) in [6, 6.07) is 0. The molecule has 0 aromatic carbocycles. The number of aliphatic hydroxyl groups excluding tert-OH is 1. The van der Waals surface area contributed by atoms with Crippen LogP contribution < -0.4 is 0 Å². The van der Waals surface area contributed by atoms with Crippen LogP contribution in [0.15, 0.2) is 0 Å². The van der Waals surface area contributed by atoms with Crippen molar-refractivity contribution in [2.75, 3.05) is 19.7 Å². The molecular weight excluding hydrogens is 262 g/mol. The van der Waals surface area contributed by atoms with Crippen LogP contribution in [0.3, 0.4) is 0 Å². The number of rotatable bonds is 2. The Bertz CT molecular complexity index is 350. The number of hydrogen-bond donors (Lipinski definition) is 1. The summed E-state index contributed by atoms with van der Waals surface area (Å²) < 4.78 is 10.3. The maximum atomic E-state index is 12.0. The third-order valence-electron chi connectivity index (χ3n) is 3.11. The van der Waals surface area contributed by atoms with E-state index in [0.29, 0.717) is 25.9 Å². The van der Waals surface area contributed by atoms with Crippen molar-refractivity contribution in [1.29, 1.82) is 0 Å². The molecule has 1 aliphatic heterocycles. The summed E-state index contributed by atoms with van der Waals surface area (Å²) in [7, 11) is 0. The molecule has 6 nitrogen and oxygen atoms in total. The van der Waals surface area contributed by atoms with E-state index >= 15 is 0 Å². The molecule has 1 aliphatic rings. The summed E-state index contributed by atoms with van der Waals surface area (Å²) in [6.45, 7) is 8.20. The van der Waals surface area contributed by atoms with E-state index < -0.39 is 29.7 Å². The zero-order valence-electron chi connectivity index (χ0n) is 12.7. The van der Waals surface area contributed by atoms with Crippen LogP contribution in [0, 0.1) is 5.92 Å². The minimum atomic E-state index is -0.776. The molecule has 0 radical (unpaired) electrons. The highest BCUT2D eigenvalue weighted by molar-refractivity contribution is 5.73. The quantitative estimate of drug-likeness (QED) is 0.780. The largest absolute Gasteiger partial charge is 0.466 e. The maximum Gasteiger partial charge on any atom is 0.410 e. The molecule has 0 aliphatic carbocycles. The SMILES string of the molecule is CCOC(=O)[C@H]1CCN(C(=O)OC(C)(C)C)CC[C@H]1O. The summed E-state index contributed by atoms with van der Waals surface area (Å²) >= 11 is 0. The summed E-state index contributed by atoms with van der Waals surface area (Å²) in [5.41, 5.74) is -0.553. The van der Waals surface area contributed by atoms with Crippen LogP contribution in [0.5, 0.6) is 0 Å². The van der Waals surface area contributed by atoms with Gasteiger partial charge in [-0.05, 0) is 40.5 Å². The molecule has 1 amide bonds. The fourth-order valence-electron chi connectivity index (χ4n) is 2.12. The molecule has 0 saturated carbocycles. The molecule has 0 spiro atoms. The van der Waals surface area contributed by atoms with Crippen LogP contribution in [-0.2, 0) is 14.3 Å². The summed E-state index contributed by atoms with van der Waals surface area (Å²) in [4.78, 5) is 25.3. The number of likely N-dealkylation sites (tertiary alicyclic amines) is 1. The minimum absolute atomic E-state index is 0.290. The van der Waals surface area contributed by atoms with Crippen LogP contribution in [0.1, 0.15) is 40.5 Å². The van der Waals surface area contributed by atoms with E-state index in [-0.39, 0.29) is 6.61 Å². The van der Waals surface area contributed by atoms with Crippen molar-refractivity contribution in [2.24, 2.45) is 5.92 Å². The number of esters is 1. The Morgan fingerprint density at radius 2 is 1.85 bits per heavy atom. The molecule has 1 fully saturated rings. The highest BCUT2D eigenvalue weighted by Gasteiger charge is 2.33. The highest BCUT2D eigenvalue weighted by Crippen LogP contribution is 2.21. The molecule has 1 heterocycles. The van der Waals surface area contributed by atoms with Crippen molar-refractivity contribution in [3.8, 4) is 0 Å². The van der Waals surface area contributed by atoms with E-state index in [1.54, 1.807) is 27.7 Å². The molecule has 6 heteroatoms. The third kappa shape index (κ3) is 5.00. The van der Waals surface area contributed by atoms with E-state index in [4.69, 9.17) is 9.47 Å². The van der Waals surface area contributed by atoms with Gasteiger partial charge in [0.2, 0.25) is 0 Å². The lowest BCUT2D eigenvalue weighted by Crippen LogP contribution is -2.37. The number of aliphatic hydroxyl groups is 1. The molecule has 1 rings (SSSR count). The molecule has 0 aromatic rings. The second kappa shape index (κ2) is 6.92. The molecule has 0 aromatic heterocycles. The predicted molar refractivity (Wildman–Crippen MR) is 73.2 cm³/mol. The van der Waals surface area contributed by atoms with Crippen molar-refractivity contribution in [3.05, 3.63) is 0 Å². The van der Waals surface area contributed by atoms with E-state index in [0.717, 1.165) is 0 Å². The van der Waals surface area contributed by atoms with E-state index in [1.165, 1.54) is 4.90 Å². The van der Waals surface area contributed by atoms with E-state index in [9.17, 15) is 14.7 Å². The van der Waals surface area contributed by atoms with Gasteiger partial charge in [-0.25, -0.2) is 4.79 Å². The number of carbonyl (C=O) groups excluding carboxylic acids is 2. The van der Waals surface area contributed by atoms with Crippen LogP contribution >= 0.6 is 0 Å². The highest BCUT2D eigenvalue weighted by atomic mass is 16.6. The zero-order chi connectivity index (χ0) is 15.3. The van der Waals surface area contributed by atoms with Gasteiger partial charge in [-0.1, -0.05) is 0 Å². The molecule has 0 bridgehead atoms. The lowest BCUT2D eigenvalue weighted by molar-refractivity contribution is -0.152. The summed E-state index contributed by atoms with van der Waals surface area (Å²) in [6.07, 6.45) is -0.446. The molecule has 1 saturated heterocycles. The Kier molecular flexibility index (Phi) is 5.80. The second-order valence-electron chi connectivity index (χ2n) is 5.97. The molecule has 1 N–H and O–H groups in total. The fraction of sp³-hybridized carbons (Fsp3) is 0.857. The average Bonchev–Trinajstić information content (AvgIpc) is 2.49. The molecule has 116 valence electrons. The van der Waals surface area contributed by atoms with E-state index in [1.807, 2.05) is 0 Å². The minimum Gasteiger partial charge on any atom is -0.466 e. The van der Waals surface area contributed by atoms with Gasteiger partial charge in [-0.3, -0.25) is 4.79 Å². The first-order chi connectivity index (χ1) is 9.24. The number of ether oxygens (including phenoxy) is 2. The van der Waals surface area contributed by atoms with Gasteiger partial charge in [0.25, 0.3) is 0 Å². The predicted octanol–water partition coefficient (Wildman–Crippen LogP) is 1.56. The number of carbonyl (C=O) groups is 2. The first-order valence-corrected chi connectivity index (χ1v) is 7.07. The smallest absolute Gasteiger partial charge is 0.410 e. The van der Waals surface area contributed by atoms with Crippen LogP contribution in [0.2, 0.25) is 0 Å². The third-order valence-corrected chi connectivity index (χ3v) is 3.11. The van der Waals surface area contributed by atoms with Gasteiger partial charge in [-0.15, -0.1) is 0 Å². The topological polar surface area (TPSA) is 76.1 Å². The number of nitrogens with zero attached hydrogens (tertiary/aromatic N) is 1. The van der Waals surface area contributed by atoms with Crippen LogP contribution in [0.4, 0.5) is 4.79 Å². The number of hydrogen-bond acceptors (Lipinski definition) is 5. The van der Waals surface area contributed by atoms with Gasteiger partial charge >= 0.3 is 12.1 Å². The van der Waals surface area contributed by atoms with Crippen LogP contribution in [0.25, 0.3) is 0 Å². The maximum absolute atomic E-state index is 12.0. The van der Waals surface area contributed by atoms with Gasteiger partial charge < -0.3 is 19.5 Å². The zero-order valence-corrected chi connectivity index (χ0v) is 12.7. The lowest BCUT2D eigenvalue weighted by Gasteiger charge is -2.26. The normalized spacial score (nSPS) is 23.9. The van der Waals surface area contributed by atoms with Crippen molar-refractivity contribution in [2.45, 2.75) is 52.2 Å². The first kappa shape index (κ1) is 16.8. The number of amides is 1. The van der Waals surface area contributed by atoms with Crippen molar-refractivity contribution in [1.82, 2.24) is 4.90 Å². The van der Waals surface area contributed by atoms with Gasteiger partial charge in [0.15, 0.2) is 0 Å². The molecular formula is C14H25NO5. The van der Waals surface area contributed by atoms with Crippen molar-refractivity contribution < 1.29 is 24.2 Å². The van der Waals surface area contributed by atoms with Gasteiger partial charge in [-0.2, -0.15) is 0 Å². The first-order valence-electron chi connectivity index (χ1n) is 7.07. The average molecular weight is 287 g/mol. The Morgan fingerprint density at radius 1 is 1.25 bits per heavy atom. The Morgan fingerprint density at radius 3 is 2.40 bits per heavy atom. The molecule has 20 heavy (non-hydrogen) atoms. The standard InChI is InChI=1S/C14H25NO5/c1-5-19-12(17)10-6-8-15(9-7-11(10)16)13(18)20-14(2,3)4/h10-11,16H,5-9H2,1-4H3/t10-,11+/m0/s1. The lowest BCUT2D eigenvalue weighted by atomic mass is 9.98. The van der Waals surface area contributed by atoms with Crippen molar-refractivity contribution in [3.63, 3.8) is 0 Å². The van der Waals surface area contributed by atoms with Gasteiger partial charge in [0.05, 0.1) is 18.6 Å². The molecule has 2 atom stereocenters. The van der Waals surface area contributed by atoms with Gasteiger partial charge in [0, 0.05) is 13.1 Å². The fourth-order valence-corrected chi connectivity index (χ4v) is 2.12. The Balaban J connectivity index is 2.61. The monoisotopic (exact) mass is 287 g/mol. The molecule has 0 unspecified atom stereocenters. The van der Waals surface area contributed by atoms with Gasteiger partial charge in [0.1, 0.15) is 5.60 Å². The Labute approximate surface area is 120 Å². The summed E-state index contributed by atoms with van der Waals surface area (Å²) in [5, 5.41) is 10.00. The Hall–Kier alpha value is -1.30.